The van der Waals surface area contributed by atoms with Crippen LogP contribution in [0.25, 0.3) is 0 Å². The van der Waals surface area contributed by atoms with E-state index in [1.165, 1.54) is 12.1 Å². The van der Waals surface area contributed by atoms with E-state index >= 15 is 0 Å². The summed E-state index contributed by atoms with van der Waals surface area (Å²) in [5, 5.41) is 2.31. The zero-order valence-corrected chi connectivity index (χ0v) is 8.83. The van der Waals surface area contributed by atoms with Gasteiger partial charge < -0.3 is 10.1 Å². The second-order valence-corrected chi connectivity index (χ2v) is 3.03. The minimum absolute atomic E-state index is 0.112. The van der Waals surface area contributed by atoms with Crippen LogP contribution in [-0.2, 0) is 16.1 Å². The molecule has 0 bridgehead atoms. The Kier molecular flexibility index (Phi) is 4.44. The molecule has 0 aliphatic carbocycles. The SMILES string of the molecule is CCOc1ccc(CNC(=O)C=O)cc1F. The van der Waals surface area contributed by atoms with Gasteiger partial charge in [0.1, 0.15) is 0 Å². The molecule has 1 N–H and O–H groups in total. The monoisotopic (exact) mass is 225 g/mol. The maximum Gasteiger partial charge on any atom is 0.284 e. The van der Waals surface area contributed by atoms with Gasteiger partial charge in [-0.05, 0) is 24.6 Å². The third-order valence-corrected chi connectivity index (χ3v) is 1.87. The molecule has 1 amide bonds. The summed E-state index contributed by atoms with van der Waals surface area (Å²) in [7, 11) is 0. The van der Waals surface area contributed by atoms with Crippen LogP contribution < -0.4 is 10.1 Å². The lowest BCUT2D eigenvalue weighted by Gasteiger charge is -2.06. The Morgan fingerprint density at radius 3 is 2.88 bits per heavy atom. The second-order valence-electron chi connectivity index (χ2n) is 3.03. The maximum atomic E-state index is 13.3. The third kappa shape index (κ3) is 3.34. The number of halogens is 1. The van der Waals surface area contributed by atoms with Gasteiger partial charge in [-0.3, -0.25) is 9.59 Å². The Balaban J connectivity index is 2.65. The summed E-state index contributed by atoms with van der Waals surface area (Å²) in [6.45, 7) is 2.26. The lowest BCUT2D eigenvalue weighted by atomic mass is 10.2. The molecule has 0 aromatic heterocycles. The normalized spacial score (nSPS) is 9.62. The zero-order chi connectivity index (χ0) is 12.0. The molecule has 1 aromatic carbocycles. The van der Waals surface area contributed by atoms with E-state index in [-0.39, 0.29) is 18.6 Å². The van der Waals surface area contributed by atoms with Gasteiger partial charge in [0.25, 0.3) is 5.91 Å². The fourth-order valence-electron chi connectivity index (χ4n) is 1.16. The van der Waals surface area contributed by atoms with Gasteiger partial charge in [-0.1, -0.05) is 6.07 Å². The molecular weight excluding hydrogens is 213 g/mol. The lowest BCUT2D eigenvalue weighted by Crippen LogP contribution is -2.23. The number of amides is 1. The summed E-state index contributed by atoms with van der Waals surface area (Å²) < 4.78 is 18.4. The number of hydrogen-bond donors (Lipinski definition) is 1. The first-order valence-corrected chi connectivity index (χ1v) is 4.81. The fraction of sp³-hybridized carbons (Fsp3) is 0.273. The summed E-state index contributed by atoms with van der Waals surface area (Å²) in [6.07, 6.45) is 0.172. The predicted molar refractivity (Wildman–Crippen MR) is 55.5 cm³/mol. The van der Waals surface area contributed by atoms with Crippen molar-refractivity contribution in [2.75, 3.05) is 6.61 Å². The summed E-state index contributed by atoms with van der Waals surface area (Å²) in [6, 6.07) is 4.37. The number of benzene rings is 1. The Hall–Kier alpha value is -1.91. The van der Waals surface area contributed by atoms with Gasteiger partial charge in [0.05, 0.1) is 6.61 Å². The van der Waals surface area contributed by atoms with Crippen molar-refractivity contribution in [3.05, 3.63) is 29.6 Å². The second kappa shape index (κ2) is 5.85. The average molecular weight is 225 g/mol. The largest absolute Gasteiger partial charge is 0.491 e. The van der Waals surface area contributed by atoms with Crippen LogP contribution in [0.2, 0.25) is 0 Å². The molecular formula is C11H12FNO3. The molecule has 0 spiro atoms. The van der Waals surface area contributed by atoms with Crippen LogP contribution in [0.3, 0.4) is 0 Å². The van der Waals surface area contributed by atoms with Crippen LogP contribution in [0.4, 0.5) is 4.39 Å². The minimum Gasteiger partial charge on any atom is -0.491 e. The highest BCUT2D eigenvalue weighted by atomic mass is 19.1. The molecule has 0 saturated heterocycles. The van der Waals surface area contributed by atoms with E-state index in [1.807, 2.05) is 0 Å². The number of rotatable bonds is 5. The van der Waals surface area contributed by atoms with Gasteiger partial charge in [-0.15, -0.1) is 0 Å². The number of hydrogen-bond acceptors (Lipinski definition) is 3. The third-order valence-electron chi connectivity index (χ3n) is 1.87. The van der Waals surface area contributed by atoms with E-state index < -0.39 is 11.7 Å². The van der Waals surface area contributed by atoms with E-state index in [9.17, 15) is 14.0 Å². The number of nitrogens with one attached hydrogen (secondary N) is 1. The first-order valence-electron chi connectivity index (χ1n) is 4.81. The molecule has 1 aromatic rings. The molecule has 0 aliphatic rings. The van der Waals surface area contributed by atoms with Gasteiger partial charge in [-0.25, -0.2) is 4.39 Å². The van der Waals surface area contributed by atoms with Crippen molar-refractivity contribution in [1.29, 1.82) is 0 Å². The molecule has 0 unspecified atom stereocenters. The van der Waals surface area contributed by atoms with E-state index in [1.54, 1.807) is 13.0 Å². The Morgan fingerprint density at radius 1 is 1.56 bits per heavy atom. The van der Waals surface area contributed by atoms with Crippen molar-refractivity contribution >= 4 is 12.2 Å². The quantitative estimate of drug-likeness (QED) is 0.601. The molecule has 0 aliphatic heterocycles. The predicted octanol–water partition coefficient (Wildman–Crippen LogP) is 1.04. The van der Waals surface area contributed by atoms with Crippen LogP contribution in [0.5, 0.6) is 5.75 Å². The van der Waals surface area contributed by atoms with E-state index in [0.717, 1.165) is 0 Å². The Labute approximate surface area is 92.4 Å². The highest BCUT2D eigenvalue weighted by Crippen LogP contribution is 2.18. The number of aldehydes is 1. The van der Waals surface area contributed by atoms with Crippen LogP contribution in [-0.4, -0.2) is 18.8 Å². The van der Waals surface area contributed by atoms with Crippen molar-refractivity contribution in [3.63, 3.8) is 0 Å². The lowest BCUT2D eigenvalue weighted by molar-refractivity contribution is -0.131. The highest BCUT2D eigenvalue weighted by Gasteiger charge is 2.05. The first-order chi connectivity index (χ1) is 7.67. The summed E-state index contributed by atoms with van der Waals surface area (Å²) in [5.74, 6) is -1.04. The molecule has 0 heterocycles. The first kappa shape index (κ1) is 12.2. The molecule has 86 valence electrons. The van der Waals surface area contributed by atoms with Crippen molar-refractivity contribution in [1.82, 2.24) is 5.32 Å². The van der Waals surface area contributed by atoms with E-state index in [2.05, 4.69) is 5.32 Å². The summed E-state index contributed by atoms with van der Waals surface area (Å²) in [5.41, 5.74) is 0.566. The summed E-state index contributed by atoms with van der Waals surface area (Å²) in [4.78, 5) is 20.7. The Bertz CT molecular complexity index is 393. The van der Waals surface area contributed by atoms with Crippen LogP contribution in [0, 0.1) is 5.82 Å². The van der Waals surface area contributed by atoms with Crippen molar-refractivity contribution in [2.45, 2.75) is 13.5 Å². The van der Waals surface area contributed by atoms with Crippen molar-refractivity contribution in [3.8, 4) is 5.75 Å². The van der Waals surface area contributed by atoms with Crippen molar-refractivity contribution in [2.24, 2.45) is 0 Å². The van der Waals surface area contributed by atoms with Gasteiger partial charge in [0.2, 0.25) is 6.29 Å². The van der Waals surface area contributed by atoms with Gasteiger partial charge in [-0.2, -0.15) is 0 Å². The standard InChI is InChI=1S/C11H12FNO3/c1-2-16-10-4-3-8(5-9(10)12)6-13-11(15)7-14/h3-5,7H,2,6H2,1H3,(H,13,15). The zero-order valence-electron chi connectivity index (χ0n) is 8.83. The van der Waals surface area contributed by atoms with Gasteiger partial charge in [0, 0.05) is 6.54 Å². The molecule has 16 heavy (non-hydrogen) atoms. The molecule has 4 nitrogen and oxygen atoms in total. The highest BCUT2D eigenvalue weighted by molar-refractivity contribution is 6.23. The molecule has 0 atom stereocenters. The maximum absolute atomic E-state index is 13.3. The molecule has 0 saturated carbocycles. The minimum atomic E-state index is -0.728. The Morgan fingerprint density at radius 2 is 2.31 bits per heavy atom. The van der Waals surface area contributed by atoms with Crippen LogP contribution >= 0.6 is 0 Å². The number of ether oxygens (including phenoxy) is 1. The fourth-order valence-corrected chi connectivity index (χ4v) is 1.16. The summed E-state index contributed by atoms with van der Waals surface area (Å²) >= 11 is 0. The van der Waals surface area contributed by atoms with Crippen molar-refractivity contribution < 1.29 is 18.7 Å². The topological polar surface area (TPSA) is 55.4 Å². The van der Waals surface area contributed by atoms with E-state index in [0.29, 0.717) is 12.2 Å². The number of carbonyl (C=O) groups excluding carboxylic acids is 2. The molecule has 0 fully saturated rings. The molecule has 0 radical (unpaired) electrons. The van der Waals surface area contributed by atoms with Gasteiger partial charge >= 0.3 is 0 Å². The average Bonchev–Trinajstić information content (AvgIpc) is 2.29. The van der Waals surface area contributed by atoms with E-state index in [4.69, 9.17) is 4.74 Å². The molecule has 1 rings (SSSR count). The van der Waals surface area contributed by atoms with Crippen LogP contribution in [0.1, 0.15) is 12.5 Å². The van der Waals surface area contributed by atoms with Gasteiger partial charge in [0.15, 0.2) is 11.6 Å². The van der Waals surface area contributed by atoms with Crippen LogP contribution in [0.15, 0.2) is 18.2 Å². The molecule has 5 heteroatoms. The smallest absolute Gasteiger partial charge is 0.284 e. The number of carbonyl (C=O) groups is 2.